The zero-order valence-corrected chi connectivity index (χ0v) is 16.8. The summed E-state index contributed by atoms with van der Waals surface area (Å²) >= 11 is 0. The highest BCUT2D eigenvalue weighted by Crippen LogP contribution is 2.29. The van der Waals surface area contributed by atoms with Gasteiger partial charge in [0.2, 0.25) is 5.91 Å². The zero-order chi connectivity index (χ0) is 22.0. The minimum absolute atomic E-state index is 0.117. The van der Waals surface area contributed by atoms with E-state index >= 15 is 0 Å². The Bertz CT molecular complexity index is 1180. The Labute approximate surface area is 171 Å². The van der Waals surface area contributed by atoms with Crippen molar-refractivity contribution in [3.63, 3.8) is 0 Å². The first-order chi connectivity index (χ1) is 14.2. The Morgan fingerprint density at radius 2 is 1.93 bits per heavy atom. The lowest BCUT2D eigenvalue weighted by atomic mass is 10.2. The van der Waals surface area contributed by atoms with E-state index in [0.29, 0.717) is 5.82 Å². The molecule has 0 saturated heterocycles. The van der Waals surface area contributed by atoms with Gasteiger partial charge in [-0.05, 0) is 39.0 Å². The third-order valence-corrected chi connectivity index (χ3v) is 4.44. The number of non-ortho nitro benzene ring substituents is 1. The van der Waals surface area contributed by atoms with Crippen LogP contribution in [0.4, 0.5) is 11.4 Å². The normalized spacial score (nSPS) is 11.7. The van der Waals surface area contributed by atoms with Crippen LogP contribution in [0, 0.1) is 24.0 Å². The summed E-state index contributed by atoms with van der Waals surface area (Å²) in [6, 6.07) is 7.52. The second-order valence-corrected chi connectivity index (χ2v) is 6.62. The predicted molar refractivity (Wildman–Crippen MR) is 108 cm³/mol. The smallest absolute Gasteiger partial charge is 0.271 e. The van der Waals surface area contributed by atoms with Crippen LogP contribution in [-0.4, -0.2) is 37.5 Å². The highest BCUT2D eigenvalue weighted by molar-refractivity contribution is 5.95. The molecule has 0 aliphatic carbocycles. The Morgan fingerprint density at radius 3 is 2.53 bits per heavy atom. The number of ether oxygens (including phenoxy) is 1. The van der Waals surface area contributed by atoms with Crippen LogP contribution in [0.5, 0.6) is 5.75 Å². The molecule has 0 fully saturated rings. The van der Waals surface area contributed by atoms with Crippen molar-refractivity contribution in [1.29, 1.82) is 0 Å². The SMILES string of the molecule is COc1ccc([N+](=O)[O-])cc1NC(=O)C(C)n1nc(-n2nc(C)cc2C)ccc1=O. The van der Waals surface area contributed by atoms with Gasteiger partial charge in [-0.2, -0.15) is 5.10 Å². The number of rotatable bonds is 6. The lowest BCUT2D eigenvalue weighted by molar-refractivity contribution is -0.384. The van der Waals surface area contributed by atoms with Crippen molar-refractivity contribution >= 4 is 17.3 Å². The molecule has 156 valence electrons. The first-order valence-electron chi connectivity index (χ1n) is 8.98. The van der Waals surface area contributed by atoms with Gasteiger partial charge in [-0.3, -0.25) is 19.7 Å². The predicted octanol–water partition coefficient (Wildman–Crippen LogP) is 2.16. The van der Waals surface area contributed by atoms with Gasteiger partial charge in [0.25, 0.3) is 11.2 Å². The number of nitrogens with zero attached hydrogens (tertiary/aromatic N) is 5. The minimum atomic E-state index is -1.00. The lowest BCUT2D eigenvalue weighted by Crippen LogP contribution is -2.33. The number of benzene rings is 1. The zero-order valence-electron chi connectivity index (χ0n) is 16.8. The molecule has 1 atom stereocenters. The first kappa shape index (κ1) is 20.7. The summed E-state index contributed by atoms with van der Waals surface area (Å²) < 4.78 is 7.75. The summed E-state index contributed by atoms with van der Waals surface area (Å²) in [5, 5.41) is 22.2. The number of hydrogen-bond acceptors (Lipinski definition) is 7. The molecule has 1 unspecified atom stereocenters. The summed E-state index contributed by atoms with van der Waals surface area (Å²) in [6.07, 6.45) is 0. The number of amides is 1. The van der Waals surface area contributed by atoms with E-state index in [9.17, 15) is 19.7 Å². The molecular weight excluding hydrogens is 392 g/mol. The standard InChI is InChI=1S/C19H20N6O5/c1-11-9-12(2)23(21-11)17-7-8-18(26)24(22-17)13(3)19(27)20-15-10-14(25(28)29)5-6-16(15)30-4/h5-10,13H,1-4H3,(H,20,27). The van der Waals surface area contributed by atoms with Crippen LogP contribution < -0.4 is 15.6 Å². The van der Waals surface area contributed by atoms with E-state index in [-0.39, 0.29) is 17.1 Å². The highest BCUT2D eigenvalue weighted by Gasteiger charge is 2.21. The van der Waals surface area contributed by atoms with E-state index in [4.69, 9.17) is 4.74 Å². The van der Waals surface area contributed by atoms with Crippen molar-refractivity contribution in [2.75, 3.05) is 12.4 Å². The third kappa shape index (κ3) is 4.04. The largest absolute Gasteiger partial charge is 0.495 e. The Balaban J connectivity index is 1.93. The lowest BCUT2D eigenvalue weighted by Gasteiger charge is -2.16. The average molecular weight is 412 g/mol. The number of hydrogen-bond donors (Lipinski definition) is 1. The molecular formula is C19H20N6O5. The summed E-state index contributed by atoms with van der Waals surface area (Å²) in [5.41, 5.74) is 1.04. The maximum absolute atomic E-state index is 12.8. The van der Waals surface area contributed by atoms with E-state index in [2.05, 4.69) is 15.5 Å². The number of aryl methyl sites for hydroxylation is 2. The number of methoxy groups -OCH3 is 1. The molecule has 0 aliphatic heterocycles. The Hall–Kier alpha value is -4.02. The maximum Gasteiger partial charge on any atom is 0.271 e. The van der Waals surface area contributed by atoms with Crippen LogP contribution in [0.3, 0.4) is 0 Å². The van der Waals surface area contributed by atoms with Gasteiger partial charge in [-0.15, -0.1) is 5.10 Å². The molecule has 1 amide bonds. The van der Waals surface area contributed by atoms with Crippen molar-refractivity contribution in [1.82, 2.24) is 19.6 Å². The second-order valence-electron chi connectivity index (χ2n) is 6.62. The number of carbonyl (C=O) groups excluding carboxylic acids is 1. The minimum Gasteiger partial charge on any atom is -0.495 e. The number of anilines is 1. The third-order valence-electron chi connectivity index (χ3n) is 4.44. The highest BCUT2D eigenvalue weighted by atomic mass is 16.6. The number of nitro groups is 1. The fraction of sp³-hybridized carbons (Fsp3) is 0.263. The molecule has 0 spiro atoms. The number of nitrogens with one attached hydrogen (secondary N) is 1. The van der Waals surface area contributed by atoms with Crippen LogP contribution in [-0.2, 0) is 4.79 Å². The molecule has 2 aromatic heterocycles. The molecule has 0 saturated carbocycles. The summed E-state index contributed by atoms with van der Waals surface area (Å²) in [6.45, 7) is 5.18. The van der Waals surface area contributed by atoms with Gasteiger partial charge >= 0.3 is 0 Å². The summed E-state index contributed by atoms with van der Waals surface area (Å²) in [5.74, 6) is 0.0412. The Kier molecular flexibility index (Phi) is 5.63. The van der Waals surface area contributed by atoms with Gasteiger partial charge in [0, 0.05) is 23.9 Å². The number of aromatic nitrogens is 4. The van der Waals surface area contributed by atoms with Crippen molar-refractivity contribution in [3.8, 4) is 11.6 Å². The molecule has 1 N–H and O–H groups in total. The fourth-order valence-corrected chi connectivity index (χ4v) is 2.92. The average Bonchev–Trinajstić information content (AvgIpc) is 3.05. The van der Waals surface area contributed by atoms with Crippen LogP contribution in [0.15, 0.2) is 41.2 Å². The molecule has 11 nitrogen and oxygen atoms in total. The van der Waals surface area contributed by atoms with Crippen LogP contribution >= 0.6 is 0 Å². The van der Waals surface area contributed by atoms with Crippen molar-refractivity contribution in [2.24, 2.45) is 0 Å². The maximum atomic E-state index is 12.8. The van der Waals surface area contributed by atoms with Crippen LogP contribution in [0.2, 0.25) is 0 Å². The second kappa shape index (κ2) is 8.15. The molecule has 11 heteroatoms. The van der Waals surface area contributed by atoms with Gasteiger partial charge in [-0.25, -0.2) is 9.36 Å². The number of carbonyl (C=O) groups is 1. The van der Waals surface area contributed by atoms with E-state index in [0.717, 1.165) is 16.1 Å². The van der Waals surface area contributed by atoms with Crippen molar-refractivity contribution < 1.29 is 14.5 Å². The molecule has 1 aromatic carbocycles. The quantitative estimate of drug-likeness (QED) is 0.484. The summed E-state index contributed by atoms with van der Waals surface area (Å²) in [4.78, 5) is 35.6. The van der Waals surface area contributed by atoms with E-state index < -0.39 is 22.4 Å². The van der Waals surface area contributed by atoms with Gasteiger partial charge < -0.3 is 10.1 Å². The van der Waals surface area contributed by atoms with Crippen LogP contribution in [0.25, 0.3) is 5.82 Å². The fourth-order valence-electron chi connectivity index (χ4n) is 2.92. The first-order valence-corrected chi connectivity index (χ1v) is 8.98. The molecule has 2 heterocycles. The van der Waals surface area contributed by atoms with Gasteiger partial charge in [0.1, 0.15) is 11.8 Å². The van der Waals surface area contributed by atoms with E-state index in [1.54, 1.807) is 4.68 Å². The van der Waals surface area contributed by atoms with Crippen molar-refractivity contribution in [2.45, 2.75) is 26.8 Å². The summed E-state index contributed by atoms with van der Waals surface area (Å²) in [7, 11) is 1.38. The molecule has 0 bridgehead atoms. The van der Waals surface area contributed by atoms with Gasteiger partial charge in [-0.1, -0.05) is 0 Å². The monoisotopic (exact) mass is 412 g/mol. The van der Waals surface area contributed by atoms with E-state index in [1.165, 1.54) is 44.4 Å². The molecule has 30 heavy (non-hydrogen) atoms. The van der Waals surface area contributed by atoms with Gasteiger partial charge in [0.15, 0.2) is 5.82 Å². The molecule has 3 rings (SSSR count). The topological polar surface area (TPSA) is 134 Å². The van der Waals surface area contributed by atoms with E-state index in [1.807, 2.05) is 19.9 Å². The van der Waals surface area contributed by atoms with Crippen LogP contribution in [0.1, 0.15) is 24.4 Å². The molecule has 0 aliphatic rings. The van der Waals surface area contributed by atoms with Gasteiger partial charge in [0.05, 0.1) is 23.4 Å². The molecule has 3 aromatic rings. The molecule has 0 radical (unpaired) electrons. The van der Waals surface area contributed by atoms with Crippen molar-refractivity contribution in [3.05, 3.63) is 68.3 Å². The Morgan fingerprint density at radius 1 is 1.20 bits per heavy atom. The number of nitro benzene ring substituents is 1.